The maximum atomic E-state index is 5.89. The van der Waals surface area contributed by atoms with Gasteiger partial charge in [-0.3, -0.25) is 15.0 Å². The number of aromatic amines is 6. The van der Waals surface area contributed by atoms with Gasteiger partial charge in [-0.05, 0) is 354 Å². The largest absolute Gasteiger partial charge is 0.361 e. The molecule has 24 rings (SSSR count). The molecule has 6 N–H and O–H groups in total. The van der Waals surface area contributed by atoms with E-state index in [0.29, 0.717) is 0 Å². The lowest BCUT2D eigenvalue weighted by Crippen LogP contribution is -1.82. The second-order valence-electron chi connectivity index (χ2n) is 35.1. The number of benzene rings is 12. The van der Waals surface area contributed by atoms with Gasteiger partial charge in [-0.25, -0.2) is 0 Å². The number of rotatable bonds is 3. The summed E-state index contributed by atoms with van der Waals surface area (Å²) >= 11 is 45.7. The van der Waals surface area contributed by atoms with Gasteiger partial charge in [0.25, 0.3) is 0 Å². The fraction of sp³-hybridized carbons (Fsp3) is 0.163. The number of fused-ring (bicyclic) bond motifs is 11. The highest BCUT2D eigenvalue weighted by molar-refractivity contribution is 7.19. The number of nitrogens with one attached hydrogen (secondary N) is 6. The van der Waals surface area contributed by atoms with Crippen LogP contribution in [0, 0.1) is 111 Å². The normalized spacial score (nSPS) is 10.6. The summed E-state index contributed by atoms with van der Waals surface area (Å²) in [5.41, 5.74) is 28.0. The van der Waals surface area contributed by atoms with Crippen LogP contribution >= 0.6 is 115 Å². The van der Waals surface area contributed by atoms with E-state index in [1.165, 1.54) is 180 Å². The average Bonchev–Trinajstić information content (AvgIpc) is 1.71. The molecule has 142 heavy (non-hydrogen) atoms. The molecule has 12 aromatic carbocycles. The van der Waals surface area contributed by atoms with Gasteiger partial charge >= 0.3 is 0 Å². The van der Waals surface area contributed by atoms with Gasteiger partial charge in [0.1, 0.15) is 0 Å². The molecule has 12 heterocycles. The van der Waals surface area contributed by atoms with Crippen molar-refractivity contribution >= 4 is 240 Å². The highest BCUT2D eigenvalue weighted by atomic mass is 35.5. The van der Waals surface area contributed by atoms with E-state index in [-0.39, 0.29) is 0 Å². The molecule has 0 radical (unpaired) electrons. The summed E-state index contributed by atoms with van der Waals surface area (Å²) in [6, 6.07) is 101. The van der Waals surface area contributed by atoms with Crippen LogP contribution in [0.1, 0.15) is 119 Å². The molecule has 0 spiro atoms. The minimum atomic E-state index is 0.777. The number of aryl methyl sites for hydroxylation is 17. The van der Waals surface area contributed by atoms with Crippen molar-refractivity contribution in [2.24, 2.45) is 0 Å². The Morgan fingerprint density at radius 2 is 0.803 bits per heavy atom. The van der Waals surface area contributed by atoms with Crippen molar-refractivity contribution in [2.75, 3.05) is 0 Å². The lowest BCUT2D eigenvalue weighted by molar-refractivity contribution is 0.940. The molecule has 0 amide bonds. The Labute approximate surface area is 881 Å². The molecule has 19 heteroatoms. The predicted molar refractivity (Wildman–Crippen MR) is 629 cm³/mol. The van der Waals surface area contributed by atoms with E-state index in [4.69, 9.17) is 81.2 Å². The number of H-pyrrole nitrogens is 6. The molecule has 0 saturated heterocycles. The Morgan fingerprint density at radius 3 is 1.45 bits per heavy atom. The smallest absolute Gasteiger partial charge is 0.0934 e. The van der Waals surface area contributed by atoms with E-state index in [1.54, 1.807) is 22.7 Å². The minimum absolute atomic E-state index is 0.777. The summed E-state index contributed by atoms with van der Waals surface area (Å²) in [5, 5.41) is 20.2. The Hall–Kier alpha value is -12.5. The maximum absolute atomic E-state index is 5.89. The van der Waals surface area contributed by atoms with Crippen LogP contribution in [0.25, 0.3) is 125 Å². The Bertz CT molecular complexity index is 7710. The van der Waals surface area contributed by atoms with E-state index in [9.17, 15) is 0 Å². The van der Waals surface area contributed by atoms with Crippen molar-refractivity contribution in [1.29, 1.82) is 0 Å². The summed E-state index contributed by atoms with van der Waals surface area (Å²) < 4.78 is 3.04. The first-order valence-corrected chi connectivity index (χ1v) is 52.0. The van der Waals surface area contributed by atoms with Gasteiger partial charge in [0.2, 0.25) is 0 Å². The Balaban J connectivity index is 0.000000137. The number of allylic oxidation sites excluding steroid dienone is 1. The van der Waals surface area contributed by atoms with E-state index in [2.05, 4.69) is 330 Å². The van der Waals surface area contributed by atoms with Crippen LogP contribution in [0.5, 0.6) is 0 Å². The maximum Gasteiger partial charge on any atom is 0.0934 e. The monoisotopic (exact) mass is 2060 g/mol. The number of hydrogen-bond donors (Lipinski definition) is 6. The van der Waals surface area contributed by atoms with Crippen molar-refractivity contribution in [1.82, 2.24) is 44.9 Å². The molecule has 12 aromatic heterocycles. The van der Waals surface area contributed by atoms with Gasteiger partial charge in [0.15, 0.2) is 0 Å². The van der Waals surface area contributed by atoms with Crippen molar-refractivity contribution in [3.05, 3.63) is 467 Å². The highest BCUT2D eigenvalue weighted by Crippen LogP contribution is 2.34. The van der Waals surface area contributed by atoms with Gasteiger partial charge in [-0.1, -0.05) is 262 Å². The molecule has 0 saturated carbocycles. The third-order valence-corrected chi connectivity index (χ3v) is 28.0. The van der Waals surface area contributed by atoms with Crippen molar-refractivity contribution in [2.45, 2.75) is 137 Å². The summed E-state index contributed by atoms with van der Waals surface area (Å²) in [6.07, 6.45) is 15.8. The molecule has 24 aromatic rings. The minimum Gasteiger partial charge on any atom is -0.361 e. The summed E-state index contributed by atoms with van der Waals surface area (Å²) in [5.74, 6) is 0. The Kier molecular flexibility index (Phi) is 40.4. The van der Waals surface area contributed by atoms with Crippen molar-refractivity contribution < 1.29 is 0 Å². The van der Waals surface area contributed by atoms with Crippen LogP contribution in [0.2, 0.25) is 33.8 Å². The number of hydrogen-bond acceptors (Lipinski definition) is 6. The predicted octanol–water partition coefficient (Wildman–Crippen LogP) is 40.4. The number of nitrogens with zero attached hydrogens (tertiary/aromatic N) is 3. The zero-order valence-electron chi connectivity index (χ0n) is 83.5. The Morgan fingerprint density at radius 1 is 0.324 bits per heavy atom. The summed E-state index contributed by atoms with van der Waals surface area (Å²) in [6.45, 7) is 37.6. The molecule has 0 aliphatic carbocycles. The number of aromatic nitrogens is 9. The lowest BCUT2D eigenvalue weighted by Gasteiger charge is -1.99. The fourth-order valence-electron chi connectivity index (χ4n) is 15.6. The quantitative estimate of drug-likeness (QED) is 0.105. The van der Waals surface area contributed by atoms with E-state index >= 15 is 0 Å². The van der Waals surface area contributed by atoms with Crippen LogP contribution in [0.15, 0.2) is 334 Å². The lowest BCUT2D eigenvalue weighted by atomic mass is 10.1. The molecular formula is C123H120Cl7N9S3. The van der Waals surface area contributed by atoms with Crippen LogP contribution < -0.4 is 0 Å². The first-order valence-electron chi connectivity index (χ1n) is 46.9. The molecule has 0 aliphatic rings. The van der Waals surface area contributed by atoms with Gasteiger partial charge < -0.3 is 29.9 Å². The van der Waals surface area contributed by atoms with Crippen LogP contribution in [-0.4, -0.2) is 44.9 Å². The molecule has 0 aliphatic heterocycles. The topological polar surface area (TPSA) is 133 Å². The average molecular weight is 2070 g/mol. The number of pyridine rings is 3. The van der Waals surface area contributed by atoms with Crippen LogP contribution in [0.4, 0.5) is 0 Å². The second kappa shape index (κ2) is 53.0. The standard InChI is InChI=1S/C11H11N.C11H10.C10H10ClN.C10H9ClS.2C10H11N.2C10H9N.3C9H8ClN.C7H9ClS.C7H7ClS/c1-8-3-6-11-10(7-8)5-4-9(2)12-11;1-9-6-7-10-4-2-3-5-11(10)8-9;2*1-6-7(2)12-10-5-8(11)3-4-9(6)10;1-7-3-4-10-9(5-7)6-8(2)11-10;1-7-3-4-9-8(2)6-11-10(9)5-7;1-8-2-3-10-7-11-5-4-9(10)6-8;1-8-4-5-10-9(7-8)3-2-6-11-10;1-6-4-7-5-8(10)2-3-9(7)11-6;1-6-4-7-2-3-8(10)5-9(7)11-6;1-6-2-3-7-8(10)5-11-9(7)4-6;2*1-2-3-6-4-5-7(8)9-6/h3-7H,1-2H3;2-8H,1H3;3-5,12H,1-2H3;3-5H,1-2H3;2*3-6,11H,1-2H3;2*2-7H,1H3;3*2-5,11H,1H3;4-5H,2-3H2,1H3;2-5H,1H3/b;;;;;;;;;;;;3-2+. The van der Waals surface area contributed by atoms with E-state index < -0.39 is 0 Å². The molecule has 0 unspecified atom stereocenters. The SMILES string of the molecule is C/C=C/c1ccc(Cl)s1.CCCc1ccc(Cl)s1.Cc1[nH]c2cc(Cl)ccc2c1C.Cc1cc2cc(Cl)ccc2[nH]1.Cc1cc2ccc(Cl)cc2[nH]1.Cc1ccc2[nH]c(C)cc2c1.Cc1ccc2c(C)c[nH]c2c1.Cc1ccc2c(Cl)c[nH]c2c1.Cc1ccc2ccccc2c1.Cc1ccc2cnccc2c1.Cc1ccc2nc(C)ccc2c1.Cc1ccc2ncccc2c1.Cc1sc2cc(Cl)ccc2c1C. The third-order valence-electron chi connectivity index (χ3n) is 23.1. The highest BCUT2D eigenvalue weighted by Gasteiger charge is 2.09. The number of thiophene rings is 3. The molecule has 0 fully saturated rings. The first kappa shape index (κ1) is 108. The molecule has 724 valence electrons. The van der Waals surface area contributed by atoms with E-state index in [0.717, 1.165) is 84.4 Å². The second-order valence-corrected chi connectivity index (χ2v) is 42.1. The fourth-order valence-corrected chi connectivity index (χ4v) is 19.9. The van der Waals surface area contributed by atoms with Gasteiger partial charge in [0, 0.05) is 170 Å². The zero-order valence-corrected chi connectivity index (χ0v) is 91.2. The molecule has 0 atom stereocenters. The molecule has 9 nitrogen and oxygen atoms in total. The van der Waals surface area contributed by atoms with Crippen LogP contribution in [0.3, 0.4) is 0 Å². The number of halogens is 7. The first-order chi connectivity index (χ1) is 68.2. The van der Waals surface area contributed by atoms with Gasteiger partial charge in [-0.15, -0.1) is 34.0 Å². The molecule has 0 bridgehead atoms. The summed E-state index contributed by atoms with van der Waals surface area (Å²) in [7, 11) is 0. The van der Waals surface area contributed by atoms with E-state index in [1.807, 2.05) is 191 Å². The third kappa shape index (κ3) is 32.5. The summed E-state index contributed by atoms with van der Waals surface area (Å²) in [4.78, 5) is 36.0. The van der Waals surface area contributed by atoms with Crippen LogP contribution in [-0.2, 0) is 6.42 Å². The van der Waals surface area contributed by atoms with Crippen molar-refractivity contribution in [3.63, 3.8) is 0 Å². The molecular weight excluding hydrogens is 1950 g/mol. The zero-order chi connectivity index (χ0) is 102. The van der Waals surface area contributed by atoms with Crippen molar-refractivity contribution in [3.8, 4) is 0 Å². The van der Waals surface area contributed by atoms with Gasteiger partial charge in [0.05, 0.1) is 24.7 Å². The van der Waals surface area contributed by atoms with Gasteiger partial charge in [-0.2, -0.15) is 0 Å².